The van der Waals surface area contributed by atoms with Gasteiger partial charge in [0.2, 0.25) is 5.76 Å². The van der Waals surface area contributed by atoms with Crippen LogP contribution in [0.25, 0.3) is 0 Å². The van der Waals surface area contributed by atoms with E-state index in [2.05, 4.69) is 17.2 Å². The van der Waals surface area contributed by atoms with Crippen LogP contribution < -0.4 is 5.32 Å². The molecule has 5 nitrogen and oxygen atoms in total. The van der Waals surface area contributed by atoms with Gasteiger partial charge < -0.3 is 14.8 Å². The topological polar surface area (TPSA) is 75.4 Å². The number of hydrogen-bond donors (Lipinski definition) is 2. The second-order valence-corrected chi connectivity index (χ2v) is 4.71. The maximum absolute atomic E-state index is 10.7. The number of thiazole rings is 1. The lowest BCUT2D eigenvalue weighted by molar-refractivity contribution is 0.0660. The minimum absolute atomic E-state index is 0.0332. The van der Waals surface area contributed by atoms with Gasteiger partial charge in [-0.15, -0.1) is 11.3 Å². The number of aromatic carboxylic acids is 1. The second kappa shape index (κ2) is 5.79. The van der Waals surface area contributed by atoms with Crippen molar-refractivity contribution in [1.29, 1.82) is 0 Å². The van der Waals surface area contributed by atoms with E-state index < -0.39 is 5.97 Å². The summed E-state index contributed by atoms with van der Waals surface area (Å²) in [5.41, 5.74) is 0. The smallest absolute Gasteiger partial charge is 0.371 e. The largest absolute Gasteiger partial charge is 0.475 e. The molecule has 96 valence electrons. The highest BCUT2D eigenvalue weighted by Gasteiger charge is 2.13. The van der Waals surface area contributed by atoms with Crippen LogP contribution >= 0.6 is 11.3 Å². The van der Waals surface area contributed by atoms with Crippen LogP contribution in [0.5, 0.6) is 0 Å². The van der Waals surface area contributed by atoms with Crippen LogP contribution in [0.3, 0.4) is 0 Å². The third-order valence-corrected chi connectivity index (χ3v) is 3.44. The summed E-state index contributed by atoms with van der Waals surface area (Å²) < 4.78 is 5.18. The van der Waals surface area contributed by atoms with E-state index in [-0.39, 0.29) is 11.8 Å². The quantitative estimate of drug-likeness (QED) is 0.840. The lowest BCUT2D eigenvalue weighted by Gasteiger charge is -2.12. The number of aromatic nitrogens is 1. The summed E-state index contributed by atoms with van der Waals surface area (Å²) in [5.74, 6) is -0.468. The summed E-state index contributed by atoms with van der Waals surface area (Å²) in [4.78, 5) is 14.9. The van der Waals surface area contributed by atoms with Gasteiger partial charge in [0.15, 0.2) is 0 Å². The minimum atomic E-state index is -1.05. The summed E-state index contributed by atoms with van der Waals surface area (Å²) >= 11 is 1.60. The van der Waals surface area contributed by atoms with Crippen LogP contribution in [0.2, 0.25) is 0 Å². The molecule has 2 rings (SSSR count). The first kappa shape index (κ1) is 12.8. The van der Waals surface area contributed by atoms with E-state index in [1.165, 1.54) is 6.07 Å². The molecule has 0 fully saturated rings. The summed E-state index contributed by atoms with van der Waals surface area (Å²) in [6, 6.07) is 3.30. The van der Waals surface area contributed by atoms with E-state index in [4.69, 9.17) is 9.52 Å². The number of nitrogens with zero attached hydrogens (tertiary/aromatic N) is 1. The Labute approximate surface area is 108 Å². The predicted octanol–water partition coefficient (Wildman–Crippen LogP) is 2.68. The van der Waals surface area contributed by atoms with Crippen molar-refractivity contribution >= 4 is 17.3 Å². The van der Waals surface area contributed by atoms with Crippen LogP contribution in [0, 0.1) is 0 Å². The molecular weight excluding hydrogens is 252 g/mol. The molecular formula is C12H14N2O3S. The summed E-state index contributed by atoms with van der Waals surface area (Å²) in [7, 11) is 0. The third-order valence-electron chi connectivity index (χ3n) is 2.55. The second-order valence-electron chi connectivity index (χ2n) is 3.78. The molecule has 0 saturated carbocycles. The van der Waals surface area contributed by atoms with Crippen LogP contribution in [-0.4, -0.2) is 16.1 Å². The highest BCUT2D eigenvalue weighted by molar-refractivity contribution is 7.09. The van der Waals surface area contributed by atoms with E-state index in [0.29, 0.717) is 12.3 Å². The fraction of sp³-hybridized carbons (Fsp3) is 0.333. The fourth-order valence-electron chi connectivity index (χ4n) is 1.62. The van der Waals surface area contributed by atoms with Gasteiger partial charge in [-0.25, -0.2) is 9.78 Å². The molecule has 0 saturated heterocycles. The van der Waals surface area contributed by atoms with E-state index >= 15 is 0 Å². The van der Waals surface area contributed by atoms with Crippen molar-refractivity contribution in [3.63, 3.8) is 0 Å². The summed E-state index contributed by atoms with van der Waals surface area (Å²) in [6.45, 7) is 2.56. The Morgan fingerprint density at radius 2 is 2.44 bits per heavy atom. The molecule has 0 radical (unpaired) electrons. The van der Waals surface area contributed by atoms with Crippen LogP contribution in [0.1, 0.15) is 40.7 Å². The Morgan fingerprint density at radius 1 is 1.61 bits per heavy atom. The SMILES string of the molecule is CCC(NCc1ccc(C(=O)O)o1)c1nccs1. The molecule has 0 amide bonds. The standard InChI is InChI=1S/C12H14N2O3S/c1-2-9(11-13-5-6-18-11)14-7-8-3-4-10(17-8)12(15)16/h3-6,9,14H,2,7H2,1H3,(H,15,16). The van der Waals surface area contributed by atoms with Crippen molar-refractivity contribution in [3.8, 4) is 0 Å². The van der Waals surface area contributed by atoms with Crippen LogP contribution in [0.4, 0.5) is 0 Å². The molecule has 2 aromatic rings. The Morgan fingerprint density at radius 3 is 3.00 bits per heavy atom. The Kier molecular flexibility index (Phi) is 4.11. The van der Waals surface area contributed by atoms with Gasteiger partial charge in [0.05, 0.1) is 12.6 Å². The van der Waals surface area contributed by atoms with Gasteiger partial charge in [0.25, 0.3) is 0 Å². The first-order valence-electron chi connectivity index (χ1n) is 5.65. The first-order valence-corrected chi connectivity index (χ1v) is 6.53. The number of carboxylic acids is 1. The number of carbonyl (C=O) groups is 1. The van der Waals surface area contributed by atoms with Gasteiger partial charge in [-0.2, -0.15) is 0 Å². The van der Waals surface area contributed by atoms with Gasteiger partial charge in [0.1, 0.15) is 10.8 Å². The molecule has 1 unspecified atom stereocenters. The molecule has 0 aliphatic carbocycles. The van der Waals surface area contributed by atoms with Crippen molar-refractivity contribution in [2.45, 2.75) is 25.9 Å². The summed E-state index contributed by atoms with van der Waals surface area (Å²) in [6.07, 6.45) is 2.69. The van der Waals surface area contributed by atoms with Gasteiger partial charge >= 0.3 is 5.97 Å². The van der Waals surface area contributed by atoms with E-state index in [1.54, 1.807) is 23.6 Å². The summed E-state index contributed by atoms with van der Waals surface area (Å²) in [5, 5.41) is 15.0. The molecule has 2 N–H and O–H groups in total. The molecule has 2 heterocycles. The molecule has 6 heteroatoms. The van der Waals surface area contributed by atoms with Crippen molar-refractivity contribution in [2.75, 3.05) is 0 Å². The number of furan rings is 1. The molecule has 18 heavy (non-hydrogen) atoms. The van der Waals surface area contributed by atoms with E-state index in [9.17, 15) is 4.79 Å². The van der Waals surface area contributed by atoms with Crippen molar-refractivity contribution < 1.29 is 14.3 Å². The number of hydrogen-bond acceptors (Lipinski definition) is 5. The number of carboxylic acid groups (broad SMARTS) is 1. The molecule has 0 aromatic carbocycles. The number of nitrogens with one attached hydrogen (secondary N) is 1. The molecule has 2 aromatic heterocycles. The minimum Gasteiger partial charge on any atom is -0.475 e. The molecule has 0 aliphatic heterocycles. The zero-order valence-corrected chi connectivity index (χ0v) is 10.7. The molecule has 0 aliphatic rings. The maximum Gasteiger partial charge on any atom is 0.371 e. The first-order chi connectivity index (χ1) is 8.70. The van der Waals surface area contributed by atoms with Gasteiger partial charge in [-0.3, -0.25) is 0 Å². The Hall–Kier alpha value is -1.66. The lowest BCUT2D eigenvalue weighted by atomic mass is 10.2. The fourth-order valence-corrected chi connectivity index (χ4v) is 2.42. The third kappa shape index (κ3) is 2.96. The van der Waals surface area contributed by atoms with Gasteiger partial charge in [0, 0.05) is 11.6 Å². The Bertz CT molecular complexity index is 507. The highest BCUT2D eigenvalue weighted by Crippen LogP contribution is 2.19. The molecule has 1 atom stereocenters. The average molecular weight is 266 g/mol. The lowest BCUT2D eigenvalue weighted by Crippen LogP contribution is -2.19. The Balaban J connectivity index is 1.95. The highest BCUT2D eigenvalue weighted by atomic mass is 32.1. The van der Waals surface area contributed by atoms with Crippen molar-refractivity contribution in [3.05, 3.63) is 40.2 Å². The zero-order chi connectivity index (χ0) is 13.0. The van der Waals surface area contributed by atoms with Crippen LogP contribution in [-0.2, 0) is 6.54 Å². The van der Waals surface area contributed by atoms with Gasteiger partial charge in [-0.1, -0.05) is 6.92 Å². The normalized spacial score (nSPS) is 12.5. The van der Waals surface area contributed by atoms with Gasteiger partial charge in [-0.05, 0) is 18.6 Å². The van der Waals surface area contributed by atoms with E-state index in [1.807, 2.05) is 5.38 Å². The predicted molar refractivity (Wildman–Crippen MR) is 67.7 cm³/mol. The average Bonchev–Trinajstić information content (AvgIpc) is 3.00. The monoisotopic (exact) mass is 266 g/mol. The zero-order valence-electron chi connectivity index (χ0n) is 9.92. The van der Waals surface area contributed by atoms with Crippen LogP contribution in [0.15, 0.2) is 28.1 Å². The molecule has 0 bridgehead atoms. The van der Waals surface area contributed by atoms with E-state index in [0.717, 1.165) is 11.4 Å². The number of rotatable bonds is 6. The molecule has 0 spiro atoms. The van der Waals surface area contributed by atoms with Crippen molar-refractivity contribution in [2.24, 2.45) is 0 Å². The maximum atomic E-state index is 10.7. The van der Waals surface area contributed by atoms with Crippen molar-refractivity contribution in [1.82, 2.24) is 10.3 Å².